The van der Waals surface area contributed by atoms with Crippen LogP contribution in [0.2, 0.25) is 0 Å². The number of anilines is 1. The monoisotopic (exact) mass is 371 g/mol. The van der Waals surface area contributed by atoms with E-state index in [4.69, 9.17) is 14.7 Å². The van der Waals surface area contributed by atoms with E-state index in [-0.39, 0.29) is 5.91 Å². The fraction of sp³-hybridized carbons (Fsp3) is 0.136. The highest BCUT2D eigenvalue weighted by atomic mass is 16.5. The number of aromatic nitrogens is 1. The van der Waals surface area contributed by atoms with E-state index in [2.05, 4.69) is 11.1 Å². The average Bonchev–Trinajstić information content (AvgIpc) is 2.78. The Kier molecular flexibility index (Phi) is 4.65. The van der Waals surface area contributed by atoms with Crippen LogP contribution in [0, 0.1) is 11.3 Å². The topological polar surface area (TPSA) is 75.4 Å². The number of rotatable bonds is 3. The molecule has 6 heteroatoms. The molecule has 0 aliphatic carbocycles. The van der Waals surface area contributed by atoms with Crippen LogP contribution < -0.4 is 14.4 Å². The summed E-state index contributed by atoms with van der Waals surface area (Å²) in [5, 5.41) is 8.99. The highest BCUT2D eigenvalue weighted by molar-refractivity contribution is 6.07. The Bertz CT molecular complexity index is 1070. The number of fused-ring (bicyclic) bond motifs is 1. The molecular formula is C22H17N3O3. The summed E-state index contributed by atoms with van der Waals surface area (Å²) in [6, 6.07) is 16.4. The van der Waals surface area contributed by atoms with Gasteiger partial charge in [0.15, 0.2) is 5.75 Å². The Morgan fingerprint density at radius 3 is 2.79 bits per heavy atom. The van der Waals surface area contributed by atoms with Crippen molar-refractivity contribution in [1.82, 2.24) is 4.98 Å². The van der Waals surface area contributed by atoms with Crippen molar-refractivity contribution in [3.05, 3.63) is 72.1 Å². The number of carbonyl (C=O) groups is 1. The van der Waals surface area contributed by atoms with Gasteiger partial charge in [0.25, 0.3) is 5.91 Å². The van der Waals surface area contributed by atoms with E-state index in [1.165, 1.54) is 0 Å². The lowest BCUT2D eigenvalue weighted by molar-refractivity contribution is 0.0976. The Morgan fingerprint density at radius 2 is 2.04 bits per heavy atom. The van der Waals surface area contributed by atoms with Gasteiger partial charge in [-0.15, -0.1) is 0 Å². The quantitative estimate of drug-likeness (QED) is 0.702. The van der Waals surface area contributed by atoms with Gasteiger partial charge >= 0.3 is 0 Å². The largest absolute Gasteiger partial charge is 0.497 e. The number of nitrogens with zero attached hydrogens (tertiary/aromatic N) is 3. The first-order valence-corrected chi connectivity index (χ1v) is 8.78. The Hall–Kier alpha value is -3.85. The fourth-order valence-corrected chi connectivity index (χ4v) is 3.19. The third-order valence-corrected chi connectivity index (χ3v) is 4.62. The van der Waals surface area contributed by atoms with Gasteiger partial charge in [0, 0.05) is 17.3 Å². The summed E-state index contributed by atoms with van der Waals surface area (Å²) in [5.41, 5.74) is 3.40. The molecule has 138 valence electrons. The Labute approximate surface area is 162 Å². The molecule has 0 bridgehead atoms. The number of methoxy groups -OCH3 is 1. The van der Waals surface area contributed by atoms with E-state index in [0.717, 1.165) is 11.1 Å². The predicted molar refractivity (Wildman–Crippen MR) is 105 cm³/mol. The molecule has 6 nitrogen and oxygen atoms in total. The van der Waals surface area contributed by atoms with Gasteiger partial charge < -0.3 is 14.4 Å². The van der Waals surface area contributed by atoms with E-state index in [1.54, 1.807) is 60.8 Å². The lowest BCUT2D eigenvalue weighted by Crippen LogP contribution is -2.38. The third kappa shape index (κ3) is 3.14. The van der Waals surface area contributed by atoms with Crippen LogP contribution in [0.3, 0.4) is 0 Å². The second-order valence-corrected chi connectivity index (χ2v) is 6.26. The molecular weight excluding hydrogens is 354 g/mol. The molecule has 0 unspecified atom stereocenters. The number of nitriles is 1. The van der Waals surface area contributed by atoms with Gasteiger partial charge in [0.05, 0.1) is 31.5 Å². The molecule has 1 amide bonds. The maximum atomic E-state index is 13.1. The molecule has 0 spiro atoms. The van der Waals surface area contributed by atoms with Crippen molar-refractivity contribution in [2.24, 2.45) is 0 Å². The van der Waals surface area contributed by atoms with Crippen LogP contribution in [0.1, 0.15) is 15.9 Å². The lowest BCUT2D eigenvalue weighted by Gasteiger charge is -2.30. The molecule has 2 heterocycles. The SMILES string of the molecule is COc1cccc(C(=O)N2CCOc3c(-c4ccc(C#N)cc4)cncc32)c1. The zero-order valence-corrected chi connectivity index (χ0v) is 15.3. The zero-order valence-electron chi connectivity index (χ0n) is 15.3. The Morgan fingerprint density at radius 1 is 1.21 bits per heavy atom. The van der Waals surface area contributed by atoms with Crippen molar-refractivity contribution in [3.8, 4) is 28.7 Å². The van der Waals surface area contributed by atoms with Gasteiger partial charge in [-0.3, -0.25) is 9.78 Å². The summed E-state index contributed by atoms with van der Waals surface area (Å²) in [6.07, 6.45) is 3.35. The number of benzene rings is 2. The van der Waals surface area contributed by atoms with E-state index < -0.39 is 0 Å². The van der Waals surface area contributed by atoms with Gasteiger partial charge in [-0.2, -0.15) is 5.26 Å². The van der Waals surface area contributed by atoms with Crippen LogP contribution >= 0.6 is 0 Å². The second-order valence-electron chi connectivity index (χ2n) is 6.26. The Balaban J connectivity index is 1.73. The number of ether oxygens (including phenoxy) is 2. The van der Waals surface area contributed by atoms with Gasteiger partial charge in [-0.05, 0) is 35.9 Å². The molecule has 0 saturated carbocycles. The number of hydrogen-bond donors (Lipinski definition) is 0. The number of carbonyl (C=O) groups excluding carboxylic acids is 1. The molecule has 1 aromatic heterocycles. The number of amides is 1. The van der Waals surface area contributed by atoms with Crippen molar-refractivity contribution in [2.75, 3.05) is 25.2 Å². The molecule has 2 aromatic carbocycles. The normalized spacial score (nSPS) is 12.5. The number of hydrogen-bond acceptors (Lipinski definition) is 5. The minimum Gasteiger partial charge on any atom is -0.497 e. The molecule has 0 saturated heterocycles. The first kappa shape index (κ1) is 17.6. The van der Waals surface area contributed by atoms with E-state index in [1.807, 2.05) is 12.1 Å². The van der Waals surface area contributed by atoms with Crippen LogP contribution in [-0.2, 0) is 0 Å². The molecule has 28 heavy (non-hydrogen) atoms. The molecule has 0 N–H and O–H groups in total. The third-order valence-electron chi connectivity index (χ3n) is 4.62. The molecule has 1 aliphatic heterocycles. The summed E-state index contributed by atoms with van der Waals surface area (Å²) in [7, 11) is 1.57. The highest BCUT2D eigenvalue weighted by Crippen LogP contribution is 2.40. The lowest BCUT2D eigenvalue weighted by atomic mass is 10.0. The van der Waals surface area contributed by atoms with E-state index in [9.17, 15) is 4.79 Å². The van der Waals surface area contributed by atoms with Crippen molar-refractivity contribution in [2.45, 2.75) is 0 Å². The minimum absolute atomic E-state index is 0.137. The highest BCUT2D eigenvalue weighted by Gasteiger charge is 2.27. The van der Waals surface area contributed by atoms with Gasteiger partial charge in [0.2, 0.25) is 0 Å². The molecule has 0 fully saturated rings. The first-order chi connectivity index (χ1) is 13.7. The number of pyridine rings is 1. The zero-order chi connectivity index (χ0) is 19.5. The van der Waals surface area contributed by atoms with Crippen LogP contribution in [-0.4, -0.2) is 31.2 Å². The van der Waals surface area contributed by atoms with Crippen molar-refractivity contribution < 1.29 is 14.3 Å². The van der Waals surface area contributed by atoms with Crippen LogP contribution in [0.25, 0.3) is 11.1 Å². The summed E-state index contributed by atoms with van der Waals surface area (Å²) in [5.74, 6) is 1.10. The minimum atomic E-state index is -0.137. The van der Waals surface area contributed by atoms with Crippen molar-refractivity contribution in [1.29, 1.82) is 5.26 Å². The van der Waals surface area contributed by atoms with Crippen LogP contribution in [0.4, 0.5) is 5.69 Å². The smallest absolute Gasteiger partial charge is 0.258 e. The van der Waals surface area contributed by atoms with Gasteiger partial charge in [-0.25, -0.2) is 0 Å². The van der Waals surface area contributed by atoms with Crippen molar-refractivity contribution in [3.63, 3.8) is 0 Å². The van der Waals surface area contributed by atoms with Gasteiger partial charge in [-0.1, -0.05) is 18.2 Å². The summed E-state index contributed by atoms with van der Waals surface area (Å²) in [4.78, 5) is 19.1. The fourth-order valence-electron chi connectivity index (χ4n) is 3.19. The predicted octanol–water partition coefficient (Wildman–Crippen LogP) is 3.67. The van der Waals surface area contributed by atoms with Gasteiger partial charge in [0.1, 0.15) is 18.0 Å². The van der Waals surface area contributed by atoms with E-state index >= 15 is 0 Å². The summed E-state index contributed by atoms with van der Waals surface area (Å²) >= 11 is 0. The maximum Gasteiger partial charge on any atom is 0.258 e. The first-order valence-electron chi connectivity index (χ1n) is 8.78. The summed E-state index contributed by atoms with van der Waals surface area (Å²) in [6.45, 7) is 0.817. The average molecular weight is 371 g/mol. The molecule has 0 radical (unpaired) electrons. The van der Waals surface area contributed by atoms with Crippen molar-refractivity contribution >= 4 is 11.6 Å². The standard InChI is InChI=1S/C22H17N3O3/c1-27-18-4-2-3-17(11-18)22(26)25-9-10-28-21-19(13-24-14-20(21)25)16-7-5-15(12-23)6-8-16/h2-8,11,13-14H,9-10H2,1H3. The molecule has 1 aliphatic rings. The molecule has 4 rings (SSSR count). The molecule has 0 atom stereocenters. The molecule has 3 aromatic rings. The summed E-state index contributed by atoms with van der Waals surface area (Å²) < 4.78 is 11.1. The van der Waals surface area contributed by atoms with Crippen LogP contribution in [0.5, 0.6) is 11.5 Å². The van der Waals surface area contributed by atoms with E-state index in [0.29, 0.717) is 41.5 Å². The second kappa shape index (κ2) is 7.41. The van der Waals surface area contributed by atoms with Crippen LogP contribution in [0.15, 0.2) is 60.9 Å². The maximum absolute atomic E-state index is 13.1.